The number of esters is 1. The molecule has 154 valence electrons. The molecule has 0 bridgehead atoms. The lowest BCUT2D eigenvalue weighted by molar-refractivity contribution is 0.0599. The summed E-state index contributed by atoms with van der Waals surface area (Å²) in [5.41, 5.74) is 4.63. The summed E-state index contributed by atoms with van der Waals surface area (Å²) in [6, 6.07) is 8.07. The standard InChI is InChI=1S/C23H21BrN2O3S/c1-12-20(25-26-11-14(23(27)29-3)10-17(28-2)21(12)26)22-15(9-13-7-8-13)19-16(24)5-4-6-18(19)30-22/h4-6,10-11,13H,7-9H2,1-3H3. The third-order valence-corrected chi connectivity index (χ3v) is 7.60. The molecule has 0 saturated heterocycles. The molecular weight excluding hydrogens is 464 g/mol. The number of hydrogen-bond acceptors (Lipinski definition) is 5. The number of carbonyl (C=O) groups excluding carboxylic acids is 1. The van der Waals surface area contributed by atoms with Crippen molar-refractivity contribution < 1.29 is 14.3 Å². The van der Waals surface area contributed by atoms with Crippen molar-refractivity contribution >= 4 is 48.8 Å². The predicted molar refractivity (Wildman–Crippen MR) is 123 cm³/mol. The molecule has 0 atom stereocenters. The summed E-state index contributed by atoms with van der Waals surface area (Å²) in [6.07, 6.45) is 5.36. The van der Waals surface area contributed by atoms with Crippen LogP contribution in [0.3, 0.4) is 0 Å². The number of nitrogens with zero attached hydrogens (tertiary/aromatic N) is 2. The molecule has 3 aromatic heterocycles. The number of pyridine rings is 1. The number of carbonyl (C=O) groups is 1. The van der Waals surface area contributed by atoms with Gasteiger partial charge in [0.2, 0.25) is 0 Å². The largest absolute Gasteiger partial charge is 0.494 e. The highest BCUT2D eigenvalue weighted by Crippen LogP contribution is 2.47. The van der Waals surface area contributed by atoms with Gasteiger partial charge in [-0.15, -0.1) is 11.3 Å². The van der Waals surface area contributed by atoms with Gasteiger partial charge in [0.25, 0.3) is 0 Å². The summed E-state index contributed by atoms with van der Waals surface area (Å²) in [5.74, 6) is 0.955. The fraction of sp³-hybridized carbons (Fsp3) is 0.304. The molecule has 4 aromatic rings. The Hall–Kier alpha value is -2.38. The van der Waals surface area contributed by atoms with Crippen LogP contribution in [0.1, 0.15) is 34.3 Å². The van der Waals surface area contributed by atoms with E-state index in [0.29, 0.717) is 11.3 Å². The average Bonchev–Trinajstić information content (AvgIpc) is 3.41. The Morgan fingerprint density at radius 3 is 2.83 bits per heavy atom. The Kier molecular flexibility index (Phi) is 4.82. The molecule has 5 rings (SSSR count). The fourth-order valence-electron chi connectivity index (χ4n) is 4.05. The number of aromatic nitrogens is 2. The monoisotopic (exact) mass is 484 g/mol. The molecule has 7 heteroatoms. The maximum atomic E-state index is 12.1. The van der Waals surface area contributed by atoms with Gasteiger partial charge < -0.3 is 9.47 Å². The Balaban J connectivity index is 1.77. The number of rotatable bonds is 5. The third-order valence-electron chi connectivity index (χ3n) is 5.74. The number of halogens is 1. The molecular formula is C23H21BrN2O3S. The highest BCUT2D eigenvalue weighted by molar-refractivity contribution is 9.10. The number of ether oxygens (including phenoxy) is 2. The van der Waals surface area contributed by atoms with E-state index in [9.17, 15) is 4.79 Å². The van der Waals surface area contributed by atoms with E-state index in [-0.39, 0.29) is 0 Å². The van der Waals surface area contributed by atoms with Crippen LogP contribution >= 0.6 is 27.3 Å². The molecule has 3 heterocycles. The molecule has 5 nitrogen and oxygen atoms in total. The number of thiophene rings is 1. The molecule has 1 aromatic carbocycles. The van der Waals surface area contributed by atoms with Gasteiger partial charge in [-0.2, -0.15) is 5.10 Å². The summed E-state index contributed by atoms with van der Waals surface area (Å²) < 4.78 is 14.6. The SMILES string of the molecule is COC(=O)c1cc(OC)c2c(C)c(-c3sc4cccc(Br)c4c3CC3CC3)nn2c1. The van der Waals surface area contributed by atoms with Crippen LogP contribution in [-0.2, 0) is 11.2 Å². The third kappa shape index (κ3) is 3.11. The van der Waals surface area contributed by atoms with Crippen molar-refractivity contribution in [2.45, 2.75) is 26.2 Å². The van der Waals surface area contributed by atoms with Crippen molar-refractivity contribution in [1.82, 2.24) is 9.61 Å². The normalized spacial score (nSPS) is 13.9. The van der Waals surface area contributed by atoms with E-state index < -0.39 is 5.97 Å². The number of hydrogen-bond donors (Lipinski definition) is 0. The Bertz CT molecular complexity index is 1300. The molecule has 0 radical (unpaired) electrons. The van der Waals surface area contributed by atoms with Gasteiger partial charge in [-0.25, -0.2) is 9.31 Å². The van der Waals surface area contributed by atoms with Crippen LogP contribution in [0.4, 0.5) is 0 Å². The van der Waals surface area contributed by atoms with Gasteiger partial charge in [-0.05, 0) is 55.9 Å². The summed E-state index contributed by atoms with van der Waals surface area (Å²) in [4.78, 5) is 13.3. The highest BCUT2D eigenvalue weighted by Gasteiger charge is 2.28. The van der Waals surface area contributed by atoms with Crippen molar-refractivity contribution in [3.05, 3.63) is 51.6 Å². The number of fused-ring (bicyclic) bond motifs is 2. The summed E-state index contributed by atoms with van der Waals surface area (Å²) in [5, 5.41) is 6.20. The molecule has 0 spiro atoms. The fourth-order valence-corrected chi connectivity index (χ4v) is 6.09. The van der Waals surface area contributed by atoms with E-state index in [1.807, 2.05) is 0 Å². The number of benzene rings is 1. The summed E-state index contributed by atoms with van der Waals surface area (Å²) in [7, 11) is 2.98. The zero-order chi connectivity index (χ0) is 21.0. The molecule has 0 unspecified atom stereocenters. The minimum Gasteiger partial charge on any atom is -0.494 e. The topological polar surface area (TPSA) is 52.8 Å². The van der Waals surface area contributed by atoms with Crippen LogP contribution in [0.2, 0.25) is 0 Å². The molecule has 0 N–H and O–H groups in total. The molecule has 30 heavy (non-hydrogen) atoms. The predicted octanol–water partition coefficient (Wildman–Crippen LogP) is 6.03. The second-order valence-electron chi connectivity index (χ2n) is 7.73. The van der Waals surface area contributed by atoms with E-state index in [4.69, 9.17) is 14.6 Å². The molecule has 0 amide bonds. The lowest BCUT2D eigenvalue weighted by Gasteiger charge is -2.06. The van der Waals surface area contributed by atoms with Crippen LogP contribution in [0, 0.1) is 12.8 Å². The first-order valence-corrected chi connectivity index (χ1v) is 11.5. The van der Waals surface area contributed by atoms with E-state index >= 15 is 0 Å². The zero-order valence-electron chi connectivity index (χ0n) is 17.0. The first kappa shape index (κ1) is 19.6. The summed E-state index contributed by atoms with van der Waals surface area (Å²) >= 11 is 5.54. The van der Waals surface area contributed by atoms with Gasteiger partial charge in [0, 0.05) is 26.3 Å². The van der Waals surface area contributed by atoms with Crippen molar-refractivity contribution in [3.63, 3.8) is 0 Å². The van der Waals surface area contributed by atoms with E-state index in [2.05, 4.69) is 41.1 Å². The van der Waals surface area contributed by atoms with Crippen molar-refractivity contribution in [3.8, 4) is 16.3 Å². The lowest BCUT2D eigenvalue weighted by Crippen LogP contribution is -2.04. The minimum absolute atomic E-state index is 0.410. The van der Waals surface area contributed by atoms with Crippen LogP contribution in [0.5, 0.6) is 5.75 Å². The van der Waals surface area contributed by atoms with Gasteiger partial charge >= 0.3 is 5.97 Å². The Morgan fingerprint density at radius 1 is 1.33 bits per heavy atom. The Labute approximate surface area is 186 Å². The van der Waals surface area contributed by atoms with Crippen LogP contribution < -0.4 is 4.74 Å². The Morgan fingerprint density at radius 2 is 2.13 bits per heavy atom. The minimum atomic E-state index is -0.412. The van der Waals surface area contributed by atoms with Crippen molar-refractivity contribution in [2.75, 3.05) is 14.2 Å². The number of aryl methyl sites for hydroxylation is 1. The van der Waals surface area contributed by atoms with E-state index in [1.165, 1.54) is 40.5 Å². The molecule has 0 aliphatic heterocycles. The zero-order valence-corrected chi connectivity index (χ0v) is 19.4. The summed E-state index contributed by atoms with van der Waals surface area (Å²) in [6.45, 7) is 2.07. The van der Waals surface area contributed by atoms with Gasteiger partial charge in [0.1, 0.15) is 17.0 Å². The first-order chi connectivity index (χ1) is 14.5. The van der Waals surface area contributed by atoms with Gasteiger partial charge in [0.15, 0.2) is 0 Å². The molecule has 1 saturated carbocycles. The van der Waals surface area contributed by atoms with Crippen molar-refractivity contribution in [2.24, 2.45) is 5.92 Å². The second-order valence-corrected chi connectivity index (χ2v) is 9.63. The van der Waals surface area contributed by atoms with E-state index in [1.54, 1.807) is 35.2 Å². The average molecular weight is 485 g/mol. The maximum Gasteiger partial charge on any atom is 0.339 e. The van der Waals surface area contributed by atoms with E-state index in [0.717, 1.165) is 33.6 Å². The van der Waals surface area contributed by atoms with Crippen LogP contribution in [-0.4, -0.2) is 29.8 Å². The lowest BCUT2D eigenvalue weighted by atomic mass is 10.0. The van der Waals surface area contributed by atoms with Crippen molar-refractivity contribution in [1.29, 1.82) is 0 Å². The molecule has 1 fully saturated rings. The smallest absolute Gasteiger partial charge is 0.339 e. The van der Waals surface area contributed by atoms with Crippen LogP contribution in [0.15, 0.2) is 34.9 Å². The van der Waals surface area contributed by atoms with Gasteiger partial charge in [-0.1, -0.05) is 22.0 Å². The van der Waals surface area contributed by atoms with Gasteiger partial charge in [-0.3, -0.25) is 0 Å². The first-order valence-electron chi connectivity index (χ1n) is 9.87. The quantitative estimate of drug-likeness (QED) is 0.324. The highest BCUT2D eigenvalue weighted by atomic mass is 79.9. The maximum absolute atomic E-state index is 12.1. The van der Waals surface area contributed by atoms with Crippen LogP contribution in [0.25, 0.3) is 26.2 Å². The number of methoxy groups -OCH3 is 2. The van der Waals surface area contributed by atoms with Gasteiger partial charge in [0.05, 0.1) is 24.7 Å². The second kappa shape index (κ2) is 7.39. The molecule has 1 aliphatic carbocycles. The molecule has 1 aliphatic rings.